The topological polar surface area (TPSA) is 46.0 Å². The predicted molar refractivity (Wildman–Crippen MR) is 97.1 cm³/mol. The highest BCUT2D eigenvalue weighted by Crippen LogP contribution is 2.32. The fourth-order valence-electron chi connectivity index (χ4n) is 2.65. The van der Waals surface area contributed by atoms with Gasteiger partial charge in [-0.2, -0.15) is 0 Å². The second-order valence-electron chi connectivity index (χ2n) is 5.47. The third-order valence-electron chi connectivity index (χ3n) is 3.81. The molecule has 116 valence electrons. The third kappa shape index (κ3) is 2.70. The zero-order valence-electron chi connectivity index (χ0n) is 12.6. The van der Waals surface area contributed by atoms with Gasteiger partial charge in [0.2, 0.25) is 0 Å². The number of aromatic hydroxyl groups is 1. The van der Waals surface area contributed by atoms with Gasteiger partial charge in [0.25, 0.3) is 0 Å². The van der Waals surface area contributed by atoms with Crippen LogP contribution in [0.3, 0.4) is 0 Å². The Morgan fingerprint density at radius 1 is 0.667 bits per heavy atom. The van der Waals surface area contributed by atoms with E-state index in [1.54, 1.807) is 18.2 Å². The molecule has 4 aromatic rings. The van der Waals surface area contributed by atoms with Crippen LogP contribution in [0.1, 0.15) is 0 Å². The Bertz CT molecular complexity index is 1010. The molecule has 0 unspecified atom stereocenters. The highest BCUT2D eigenvalue weighted by Gasteiger charge is 2.13. The highest BCUT2D eigenvalue weighted by molar-refractivity contribution is 6.31. The van der Waals surface area contributed by atoms with Gasteiger partial charge in [0, 0.05) is 16.1 Å². The summed E-state index contributed by atoms with van der Waals surface area (Å²) in [5.74, 6) is 0.223. The number of rotatable bonds is 2. The predicted octanol–water partition coefficient (Wildman–Crippen LogP) is 5.32. The maximum absolute atomic E-state index is 9.54. The molecule has 1 heterocycles. The van der Waals surface area contributed by atoms with Gasteiger partial charge in [-0.05, 0) is 42.5 Å². The van der Waals surface area contributed by atoms with E-state index in [-0.39, 0.29) is 5.75 Å². The molecule has 0 aliphatic rings. The van der Waals surface area contributed by atoms with E-state index >= 15 is 0 Å². The number of hydrogen-bond donors (Lipinski definition) is 1. The van der Waals surface area contributed by atoms with Gasteiger partial charge in [0.1, 0.15) is 5.75 Å². The monoisotopic (exact) mass is 332 g/mol. The van der Waals surface area contributed by atoms with Crippen LogP contribution in [-0.4, -0.2) is 15.1 Å². The largest absolute Gasteiger partial charge is 0.508 e. The van der Waals surface area contributed by atoms with E-state index in [0.29, 0.717) is 5.02 Å². The standard InChI is InChI=1S/C20H13ClN2O/c21-15-8-11-17-18(12-15)23-19(13-4-2-1-3-5-13)20(22-17)14-6-9-16(24)10-7-14/h1-12,24H. The minimum absolute atomic E-state index is 0.223. The Kier molecular flexibility index (Phi) is 3.63. The Morgan fingerprint density at radius 2 is 1.29 bits per heavy atom. The third-order valence-corrected chi connectivity index (χ3v) is 4.05. The van der Waals surface area contributed by atoms with Crippen molar-refractivity contribution in [3.8, 4) is 28.3 Å². The van der Waals surface area contributed by atoms with Crippen LogP contribution in [0, 0.1) is 0 Å². The SMILES string of the molecule is Oc1ccc(-c2nc3ccc(Cl)cc3nc2-c2ccccc2)cc1. The zero-order chi connectivity index (χ0) is 16.5. The second kappa shape index (κ2) is 5.95. The molecule has 4 heteroatoms. The van der Waals surface area contributed by atoms with Crippen molar-refractivity contribution in [2.24, 2.45) is 0 Å². The lowest BCUT2D eigenvalue weighted by atomic mass is 10.0. The van der Waals surface area contributed by atoms with Gasteiger partial charge >= 0.3 is 0 Å². The first kappa shape index (κ1) is 14.7. The number of fused-ring (bicyclic) bond motifs is 1. The van der Waals surface area contributed by atoms with E-state index in [9.17, 15) is 5.11 Å². The molecule has 0 spiro atoms. The molecule has 4 rings (SSSR count). The van der Waals surface area contributed by atoms with Crippen LogP contribution in [0.15, 0.2) is 72.8 Å². The number of phenolic OH excluding ortho intramolecular Hbond substituents is 1. The molecular weight excluding hydrogens is 320 g/mol. The summed E-state index contributed by atoms with van der Waals surface area (Å²) in [6.07, 6.45) is 0. The molecule has 1 aromatic heterocycles. The molecule has 3 nitrogen and oxygen atoms in total. The number of phenols is 1. The first-order valence-corrected chi connectivity index (χ1v) is 7.91. The number of halogens is 1. The average Bonchev–Trinajstić information content (AvgIpc) is 2.62. The van der Waals surface area contributed by atoms with Gasteiger partial charge < -0.3 is 5.11 Å². The van der Waals surface area contributed by atoms with Crippen molar-refractivity contribution >= 4 is 22.6 Å². The lowest BCUT2D eigenvalue weighted by Crippen LogP contribution is -1.95. The molecule has 0 atom stereocenters. The normalized spacial score (nSPS) is 10.9. The van der Waals surface area contributed by atoms with Crippen molar-refractivity contribution in [3.05, 3.63) is 77.8 Å². The van der Waals surface area contributed by atoms with Crippen molar-refractivity contribution in [1.29, 1.82) is 0 Å². The molecule has 0 amide bonds. The Morgan fingerprint density at radius 3 is 2.00 bits per heavy atom. The Labute approximate surface area is 144 Å². The number of benzene rings is 3. The van der Waals surface area contributed by atoms with Crippen LogP contribution in [0.5, 0.6) is 5.75 Å². The van der Waals surface area contributed by atoms with Crippen LogP contribution in [0.4, 0.5) is 0 Å². The molecule has 24 heavy (non-hydrogen) atoms. The van der Waals surface area contributed by atoms with Gasteiger partial charge in [0.15, 0.2) is 0 Å². The summed E-state index contributed by atoms with van der Waals surface area (Å²) in [5, 5.41) is 10.2. The van der Waals surface area contributed by atoms with Crippen LogP contribution < -0.4 is 0 Å². The maximum Gasteiger partial charge on any atom is 0.115 e. The lowest BCUT2D eigenvalue weighted by Gasteiger charge is -2.11. The highest BCUT2D eigenvalue weighted by atomic mass is 35.5. The summed E-state index contributed by atoms with van der Waals surface area (Å²) >= 11 is 6.10. The van der Waals surface area contributed by atoms with Crippen molar-refractivity contribution in [2.75, 3.05) is 0 Å². The van der Waals surface area contributed by atoms with E-state index in [0.717, 1.165) is 33.5 Å². The zero-order valence-corrected chi connectivity index (χ0v) is 13.4. The first-order chi connectivity index (χ1) is 11.7. The number of aromatic nitrogens is 2. The van der Waals surface area contributed by atoms with E-state index < -0.39 is 0 Å². The summed E-state index contributed by atoms with van der Waals surface area (Å²) in [6, 6.07) is 22.4. The molecular formula is C20H13ClN2O. The molecule has 0 aliphatic heterocycles. The minimum Gasteiger partial charge on any atom is -0.508 e. The Balaban J connectivity index is 2.02. The number of hydrogen-bond acceptors (Lipinski definition) is 3. The molecule has 0 saturated carbocycles. The quantitative estimate of drug-likeness (QED) is 0.540. The van der Waals surface area contributed by atoms with Crippen molar-refractivity contribution in [2.45, 2.75) is 0 Å². The summed E-state index contributed by atoms with van der Waals surface area (Å²) in [7, 11) is 0. The molecule has 0 radical (unpaired) electrons. The maximum atomic E-state index is 9.54. The van der Waals surface area contributed by atoms with E-state index in [4.69, 9.17) is 21.6 Å². The first-order valence-electron chi connectivity index (χ1n) is 7.53. The molecule has 1 N–H and O–H groups in total. The molecule has 3 aromatic carbocycles. The summed E-state index contributed by atoms with van der Waals surface area (Å²) in [6.45, 7) is 0. The van der Waals surface area contributed by atoms with Crippen LogP contribution >= 0.6 is 11.6 Å². The summed E-state index contributed by atoms with van der Waals surface area (Å²) < 4.78 is 0. The molecule has 0 aliphatic carbocycles. The van der Waals surface area contributed by atoms with E-state index in [2.05, 4.69) is 0 Å². The lowest BCUT2D eigenvalue weighted by molar-refractivity contribution is 0.475. The fraction of sp³-hybridized carbons (Fsp3) is 0. The summed E-state index contributed by atoms with van der Waals surface area (Å²) in [4.78, 5) is 9.59. The van der Waals surface area contributed by atoms with Crippen molar-refractivity contribution < 1.29 is 5.11 Å². The smallest absolute Gasteiger partial charge is 0.115 e. The van der Waals surface area contributed by atoms with Gasteiger partial charge in [-0.15, -0.1) is 0 Å². The number of nitrogens with zero attached hydrogens (tertiary/aromatic N) is 2. The Hall–Kier alpha value is -2.91. The molecule has 0 bridgehead atoms. The second-order valence-corrected chi connectivity index (χ2v) is 5.90. The van der Waals surface area contributed by atoms with Crippen LogP contribution in [0.25, 0.3) is 33.5 Å². The van der Waals surface area contributed by atoms with Gasteiger partial charge in [-0.25, -0.2) is 9.97 Å². The molecule has 0 saturated heterocycles. The summed E-state index contributed by atoms with van der Waals surface area (Å²) in [5.41, 5.74) is 4.98. The average molecular weight is 333 g/mol. The van der Waals surface area contributed by atoms with Crippen LogP contribution in [-0.2, 0) is 0 Å². The van der Waals surface area contributed by atoms with Crippen molar-refractivity contribution in [3.63, 3.8) is 0 Å². The van der Waals surface area contributed by atoms with E-state index in [1.807, 2.05) is 54.6 Å². The van der Waals surface area contributed by atoms with Gasteiger partial charge in [-0.1, -0.05) is 41.9 Å². The minimum atomic E-state index is 0.223. The van der Waals surface area contributed by atoms with Gasteiger partial charge in [-0.3, -0.25) is 0 Å². The fourth-order valence-corrected chi connectivity index (χ4v) is 2.81. The van der Waals surface area contributed by atoms with Crippen molar-refractivity contribution in [1.82, 2.24) is 9.97 Å². The van der Waals surface area contributed by atoms with Gasteiger partial charge in [0.05, 0.1) is 22.4 Å². The van der Waals surface area contributed by atoms with Crippen LogP contribution in [0.2, 0.25) is 5.02 Å². The molecule has 0 fully saturated rings. The van der Waals surface area contributed by atoms with E-state index in [1.165, 1.54) is 0 Å².